The van der Waals surface area contributed by atoms with Crippen molar-refractivity contribution in [2.45, 2.75) is 44.6 Å². The van der Waals surface area contributed by atoms with Crippen LogP contribution in [0.1, 0.15) is 36.3 Å². The molecule has 3 aromatic heterocycles. The third-order valence-electron chi connectivity index (χ3n) is 6.30. The fraction of sp³-hybridized carbons (Fsp3) is 0.481. The second kappa shape index (κ2) is 16.3. The van der Waals surface area contributed by atoms with Gasteiger partial charge in [-0.2, -0.15) is 0 Å². The monoisotopic (exact) mass is 641 g/mol. The summed E-state index contributed by atoms with van der Waals surface area (Å²) >= 11 is 0. The van der Waals surface area contributed by atoms with E-state index in [0.29, 0.717) is 17.1 Å². The lowest BCUT2D eigenvalue weighted by atomic mass is 10.0. The first-order valence-corrected chi connectivity index (χ1v) is 14.1. The van der Waals surface area contributed by atoms with Crippen molar-refractivity contribution in [2.75, 3.05) is 19.8 Å². The number of nitro benzene ring substituents is 1. The molecule has 1 aromatic carbocycles. The molecular formula is C27H35N11O8. The first-order valence-electron chi connectivity index (χ1n) is 14.1. The maximum Gasteiger partial charge on any atom is 0.311 e. The molecule has 1 amide bonds. The Morgan fingerprint density at radius 3 is 1.63 bits per heavy atom. The maximum atomic E-state index is 13.2. The van der Waals surface area contributed by atoms with Crippen LogP contribution in [0.2, 0.25) is 0 Å². The van der Waals surface area contributed by atoms with Crippen molar-refractivity contribution in [3.8, 4) is 5.75 Å². The molecule has 4 rings (SSSR count). The van der Waals surface area contributed by atoms with Gasteiger partial charge in [-0.05, 0) is 18.6 Å². The SMILES string of the molecule is Cn1cc(COCC(COCc2cn(C)nn2)(COCc2cn(C)nn2)NC(=O)CCCC(=O)Oc2ccc([N+](=O)[O-])cc2)nn1. The summed E-state index contributed by atoms with van der Waals surface area (Å²) in [6.07, 6.45) is 5.24. The molecule has 0 atom stereocenters. The number of aromatic nitrogens is 9. The highest BCUT2D eigenvalue weighted by Gasteiger charge is 2.34. The fourth-order valence-electron chi connectivity index (χ4n) is 4.24. The van der Waals surface area contributed by atoms with E-state index in [1.807, 2.05) is 0 Å². The van der Waals surface area contributed by atoms with E-state index >= 15 is 0 Å². The van der Waals surface area contributed by atoms with Crippen molar-refractivity contribution < 1.29 is 33.5 Å². The van der Waals surface area contributed by atoms with Crippen LogP contribution in [0.25, 0.3) is 0 Å². The minimum atomic E-state index is -1.16. The van der Waals surface area contributed by atoms with Crippen molar-refractivity contribution in [2.24, 2.45) is 21.1 Å². The normalized spacial score (nSPS) is 11.5. The molecule has 0 aliphatic rings. The smallest absolute Gasteiger partial charge is 0.311 e. The molecule has 1 N–H and O–H groups in total. The number of amides is 1. The zero-order chi connectivity index (χ0) is 32.9. The fourth-order valence-corrected chi connectivity index (χ4v) is 4.24. The number of carbonyl (C=O) groups is 2. The van der Waals surface area contributed by atoms with Crippen LogP contribution in [0.5, 0.6) is 5.75 Å². The van der Waals surface area contributed by atoms with Crippen molar-refractivity contribution in [1.29, 1.82) is 0 Å². The van der Waals surface area contributed by atoms with E-state index in [4.69, 9.17) is 18.9 Å². The number of rotatable bonds is 19. The molecule has 46 heavy (non-hydrogen) atoms. The first kappa shape index (κ1) is 33.7. The Kier molecular flexibility index (Phi) is 11.9. The lowest BCUT2D eigenvalue weighted by Gasteiger charge is -2.34. The van der Waals surface area contributed by atoms with Crippen molar-refractivity contribution in [3.63, 3.8) is 0 Å². The lowest BCUT2D eigenvalue weighted by molar-refractivity contribution is -0.384. The molecule has 0 spiro atoms. The van der Waals surface area contributed by atoms with E-state index in [0.717, 1.165) is 0 Å². The van der Waals surface area contributed by atoms with Crippen molar-refractivity contribution in [1.82, 2.24) is 50.3 Å². The van der Waals surface area contributed by atoms with E-state index in [-0.39, 0.29) is 76.2 Å². The summed E-state index contributed by atoms with van der Waals surface area (Å²) in [7, 11) is 5.22. The molecule has 0 fully saturated rings. The highest BCUT2D eigenvalue weighted by molar-refractivity contribution is 5.78. The Morgan fingerprint density at radius 1 is 0.783 bits per heavy atom. The van der Waals surface area contributed by atoms with Gasteiger partial charge in [-0.25, -0.2) is 0 Å². The summed E-state index contributed by atoms with van der Waals surface area (Å²) in [6.45, 7) is 0.312. The number of hydrogen-bond acceptors (Lipinski definition) is 14. The molecule has 0 aliphatic heterocycles. The number of benzene rings is 1. The molecule has 0 aliphatic carbocycles. The highest BCUT2D eigenvalue weighted by atomic mass is 16.6. The van der Waals surface area contributed by atoms with Gasteiger partial charge in [0.05, 0.1) is 63.2 Å². The number of esters is 1. The van der Waals surface area contributed by atoms with E-state index in [1.54, 1.807) is 53.8 Å². The number of aryl methyl sites for hydroxylation is 3. The van der Waals surface area contributed by atoms with Crippen LogP contribution in [0.4, 0.5) is 5.69 Å². The van der Waals surface area contributed by atoms with Crippen molar-refractivity contribution in [3.05, 3.63) is 70.1 Å². The Hall–Kier alpha value is -5.14. The first-order chi connectivity index (χ1) is 22.1. The number of nitro groups is 1. The Balaban J connectivity index is 1.39. The molecule has 0 bridgehead atoms. The Labute approximate surface area is 262 Å². The zero-order valence-electron chi connectivity index (χ0n) is 25.6. The van der Waals surface area contributed by atoms with Gasteiger partial charge in [0.15, 0.2) is 0 Å². The van der Waals surface area contributed by atoms with E-state index in [2.05, 4.69) is 36.3 Å². The molecule has 3 heterocycles. The number of carbonyl (C=O) groups excluding carboxylic acids is 2. The number of hydrogen-bond donors (Lipinski definition) is 1. The third-order valence-corrected chi connectivity index (χ3v) is 6.30. The van der Waals surface area contributed by atoms with Crippen LogP contribution >= 0.6 is 0 Å². The largest absolute Gasteiger partial charge is 0.427 e. The Bertz CT molecular complexity index is 1470. The predicted molar refractivity (Wildman–Crippen MR) is 155 cm³/mol. The van der Waals surface area contributed by atoms with Gasteiger partial charge >= 0.3 is 5.97 Å². The van der Waals surface area contributed by atoms with Gasteiger partial charge in [0, 0.05) is 46.1 Å². The van der Waals surface area contributed by atoms with Gasteiger partial charge in [0.2, 0.25) is 5.91 Å². The van der Waals surface area contributed by atoms with Crippen molar-refractivity contribution >= 4 is 17.6 Å². The predicted octanol–water partition coefficient (Wildman–Crippen LogP) is 0.561. The molecule has 0 radical (unpaired) electrons. The second-order valence-electron chi connectivity index (χ2n) is 10.5. The van der Waals surface area contributed by atoms with Gasteiger partial charge in [-0.3, -0.25) is 33.7 Å². The summed E-state index contributed by atoms with van der Waals surface area (Å²) in [4.78, 5) is 35.9. The van der Waals surface area contributed by atoms with Gasteiger partial charge in [-0.1, -0.05) is 15.6 Å². The van der Waals surface area contributed by atoms with Gasteiger partial charge in [-0.15, -0.1) is 15.3 Å². The minimum Gasteiger partial charge on any atom is -0.427 e. The standard InChI is InChI=1S/C27H35N11O8/c1-35-11-20(29-32-35)14-43-17-27(18-44-15-21-12-36(2)33-30-21,19-45-16-22-13-37(3)34-31-22)28-25(39)5-4-6-26(40)46-24-9-7-23(8-10-24)38(41)42/h7-13H,4-6,14-19H2,1-3H3,(H,28,39). The third kappa shape index (κ3) is 10.8. The number of ether oxygens (including phenoxy) is 4. The van der Waals surface area contributed by atoms with Crippen LogP contribution in [-0.4, -0.2) is 87.1 Å². The molecule has 0 saturated heterocycles. The molecule has 0 saturated carbocycles. The quantitative estimate of drug-likeness (QED) is 0.0640. The topological polar surface area (TPSA) is 218 Å². The summed E-state index contributed by atoms with van der Waals surface area (Å²) in [5.41, 5.74) is 0.492. The molecule has 246 valence electrons. The molecule has 4 aromatic rings. The van der Waals surface area contributed by atoms with E-state index in [9.17, 15) is 19.7 Å². The van der Waals surface area contributed by atoms with Crippen LogP contribution in [0, 0.1) is 10.1 Å². The molecule has 19 heteroatoms. The van der Waals surface area contributed by atoms with Gasteiger partial charge in [0.25, 0.3) is 5.69 Å². The van der Waals surface area contributed by atoms with Gasteiger partial charge < -0.3 is 24.3 Å². The zero-order valence-corrected chi connectivity index (χ0v) is 25.6. The summed E-state index contributed by atoms with van der Waals surface area (Å²) < 4.78 is 27.8. The molecule has 19 nitrogen and oxygen atoms in total. The molecule has 0 unspecified atom stereocenters. The average molecular weight is 642 g/mol. The van der Waals surface area contributed by atoms with Crippen LogP contribution in [0.15, 0.2) is 42.9 Å². The maximum absolute atomic E-state index is 13.2. The van der Waals surface area contributed by atoms with Crippen LogP contribution in [0.3, 0.4) is 0 Å². The highest BCUT2D eigenvalue weighted by Crippen LogP contribution is 2.18. The van der Waals surface area contributed by atoms with Gasteiger partial charge in [0.1, 0.15) is 28.4 Å². The minimum absolute atomic E-state index is 0.0154. The summed E-state index contributed by atoms with van der Waals surface area (Å²) in [6, 6.07) is 5.14. The number of non-ortho nitro benzene ring substituents is 1. The second-order valence-corrected chi connectivity index (χ2v) is 10.5. The Morgan fingerprint density at radius 2 is 1.24 bits per heavy atom. The summed E-state index contributed by atoms with van der Waals surface area (Å²) in [5.74, 6) is -0.794. The summed E-state index contributed by atoms with van der Waals surface area (Å²) in [5, 5.41) is 37.6. The number of nitrogens with zero attached hydrogens (tertiary/aromatic N) is 10. The van der Waals surface area contributed by atoms with E-state index in [1.165, 1.54) is 24.3 Å². The average Bonchev–Trinajstić information content (AvgIpc) is 3.74. The van der Waals surface area contributed by atoms with Crippen LogP contribution < -0.4 is 10.1 Å². The lowest BCUT2D eigenvalue weighted by Crippen LogP contribution is -2.58. The number of nitrogens with one attached hydrogen (secondary N) is 1. The molecular weight excluding hydrogens is 606 g/mol. The van der Waals surface area contributed by atoms with Crippen LogP contribution in [-0.2, 0) is 64.8 Å². The van der Waals surface area contributed by atoms with E-state index < -0.39 is 16.4 Å².